The molecule has 4 heteroatoms. The van der Waals surface area contributed by atoms with Crippen molar-refractivity contribution in [3.8, 4) is 5.75 Å². The minimum Gasteiger partial charge on any atom is -0.494 e. The number of nitrogens with zero attached hydrogens (tertiary/aromatic N) is 1. The molecule has 1 aromatic rings. The van der Waals surface area contributed by atoms with Crippen molar-refractivity contribution in [3.05, 3.63) is 30.1 Å². The largest absolute Gasteiger partial charge is 0.494 e. The van der Waals surface area contributed by atoms with E-state index in [2.05, 4.69) is 25.8 Å². The highest BCUT2D eigenvalue weighted by atomic mass is 19.1. The van der Waals surface area contributed by atoms with Gasteiger partial charge in [-0.15, -0.1) is 0 Å². The Bertz CT molecular complexity index is 365. The van der Waals surface area contributed by atoms with E-state index in [0.29, 0.717) is 18.9 Å². The molecule has 0 radical (unpaired) electrons. The van der Waals surface area contributed by atoms with Gasteiger partial charge in [0.15, 0.2) is 0 Å². The summed E-state index contributed by atoms with van der Waals surface area (Å²) in [6, 6.07) is 6.11. The van der Waals surface area contributed by atoms with Crippen molar-refractivity contribution in [1.82, 2.24) is 4.90 Å². The van der Waals surface area contributed by atoms with Crippen molar-refractivity contribution < 1.29 is 9.13 Å². The van der Waals surface area contributed by atoms with E-state index in [1.54, 1.807) is 12.1 Å². The van der Waals surface area contributed by atoms with Crippen molar-refractivity contribution in [1.29, 1.82) is 0 Å². The maximum atomic E-state index is 12.7. The van der Waals surface area contributed by atoms with Crippen molar-refractivity contribution >= 4 is 0 Å². The van der Waals surface area contributed by atoms with Gasteiger partial charge < -0.3 is 15.4 Å². The van der Waals surface area contributed by atoms with E-state index in [1.165, 1.54) is 12.1 Å². The molecule has 19 heavy (non-hydrogen) atoms. The minimum atomic E-state index is -0.240. The lowest BCUT2D eigenvalue weighted by Crippen LogP contribution is -2.37. The molecule has 0 fully saturated rings. The fourth-order valence-electron chi connectivity index (χ4n) is 1.93. The molecule has 3 nitrogen and oxygen atoms in total. The highest BCUT2D eigenvalue weighted by Gasteiger charge is 2.17. The first kappa shape index (κ1) is 15.9. The Hall–Kier alpha value is -1.13. The van der Waals surface area contributed by atoms with Gasteiger partial charge in [0, 0.05) is 13.1 Å². The average Bonchev–Trinajstić information content (AvgIpc) is 2.36. The van der Waals surface area contributed by atoms with Crippen LogP contribution in [0.25, 0.3) is 0 Å². The maximum absolute atomic E-state index is 12.7. The number of rotatable bonds is 8. The number of nitrogens with two attached hydrogens (primary N) is 1. The topological polar surface area (TPSA) is 38.5 Å². The van der Waals surface area contributed by atoms with Crippen LogP contribution in [0.2, 0.25) is 0 Å². The first-order valence-corrected chi connectivity index (χ1v) is 6.70. The summed E-state index contributed by atoms with van der Waals surface area (Å²) in [5.41, 5.74) is 5.86. The summed E-state index contributed by atoms with van der Waals surface area (Å²) >= 11 is 0. The number of hydrogen-bond donors (Lipinski definition) is 1. The van der Waals surface area contributed by atoms with E-state index in [9.17, 15) is 4.39 Å². The summed E-state index contributed by atoms with van der Waals surface area (Å²) in [4.78, 5) is 2.26. The molecule has 0 aromatic heterocycles. The molecule has 0 aliphatic heterocycles. The molecule has 0 amide bonds. The van der Waals surface area contributed by atoms with Crippen LogP contribution in [0.1, 0.15) is 20.3 Å². The fourth-order valence-corrected chi connectivity index (χ4v) is 1.93. The summed E-state index contributed by atoms with van der Waals surface area (Å²) < 4.78 is 18.2. The van der Waals surface area contributed by atoms with Crippen molar-refractivity contribution in [3.63, 3.8) is 0 Å². The number of benzene rings is 1. The van der Waals surface area contributed by atoms with E-state index in [1.807, 2.05) is 0 Å². The van der Waals surface area contributed by atoms with Crippen LogP contribution in [0.4, 0.5) is 4.39 Å². The van der Waals surface area contributed by atoms with E-state index < -0.39 is 0 Å². The fraction of sp³-hybridized carbons (Fsp3) is 0.600. The lowest BCUT2D eigenvalue weighted by Gasteiger charge is -2.28. The van der Waals surface area contributed by atoms with Crippen molar-refractivity contribution in [2.45, 2.75) is 20.3 Å². The molecule has 0 saturated carbocycles. The maximum Gasteiger partial charge on any atom is 0.123 e. The summed E-state index contributed by atoms with van der Waals surface area (Å²) in [5.74, 6) is 0.474. The number of ether oxygens (including phenoxy) is 1. The second kappa shape index (κ2) is 7.46. The molecule has 0 aliphatic rings. The molecule has 0 unspecified atom stereocenters. The van der Waals surface area contributed by atoms with Crippen LogP contribution in [0.5, 0.6) is 5.75 Å². The molecule has 0 bridgehead atoms. The Labute approximate surface area is 115 Å². The van der Waals surface area contributed by atoms with Gasteiger partial charge in [0.1, 0.15) is 11.6 Å². The van der Waals surface area contributed by atoms with Gasteiger partial charge in [0.05, 0.1) is 6.61 Å². The Morgan fingerprint density at radius 1 is 1.26 bits per heavy atom. The quantitative estimate of drug-likeness (QED) is 0.736. The number of halogens is 1. The Balaban J connectivity index is 2.18. The van der Waals surface area contributed by atoms with E-state index in [0.717, 1.165) is 19.5 Å². The summed E-state index contributed by atoms with van der Waals surface area (Å²) in [6.45, 7) is 7.59. The second-order valence-electron chi connectivity index (χ2n) is 5.76. The van der Waals surface area contributed by atoms with Gasteiger partial charge in [0.2, 0.25) is 0 Å². The lowest BCUT2D eigenvalue weighted by atomic mass is 9.93. The Morgan fingerprint density at radius 3 is 2.47 bits per heavy atom. The molecular formula is C15H25FN2O. The SMILES string of the molecule is CN(CCCOc1ccc(F)cc1)CC(C)(C)CN. The summed E-state index contributed by atoms with van der Waals surface area (Å²) in [7, 11) is 2.09. The molecule has 0 saturated heterocycles. The molecule has 0 spiro atoms. The first-order chi connectivity index (χ1) is 8.93. The Morgan fingerprint density at radius 2 is 1.89 bits per heavy atom. The normalized spacial score (nSPS) is 11.9. The highest BCUT2D eigenvalue weighted by Crippen LogP contribution is 2.14. The van der Waals surface area contributed by atoms with E-state index >= 15 is 0 Å². The van der Waals surface area contributed by atoms with Gasteiger partial charge in [-0.2, -0.15) is 0 Å². The van der Waals surface area contributed by atoms with E-state index in [4.69, 9.17) is 10.5 Å². The molecule has 0 heterocycles. The molecular weight excluding hydrogens is 243 g/mol. The molecule has 2 N–H and O–H groups in total. The minimum absolute atomic E-state index is 0.145. The van der Waals surface area contributed by atoms with Crippen LogP contribution in [0, 0.1) is 11.2 Å². The summed E-state index contributed by atoms with van der Waals surface area (Å²) in [6.07, 6.45) is 0.939. The van der Waals surface area contributed by atoms with Crippen LogP contribution in [0.15, 0.2) is 24.3 Å². The van der Waals surface area contributed by atoms with Crippen molar-refractivity contribution in [2.75, 3.05) is 33.3 Å². The smallest absolute Gasteiger partial charge is 0.123 e. The lowest BCUT2D eigenvalue weighted by molar-refractivity contribution is 0.199. The van der Waals surface area contributed by atoms with Gasteiger partial charge in [-0.3, -0.25) is 0 Å². The number of hydrogen-bond acceptors (Lipinski definition) is 3. The third kappa shape index (κ3) is 6.55. The van der Waals surface area contributed by atoms with Crippen LogP contribution < -0.4 is 10.5 Å². The predicted octanol–water partition coefficient (Wildman–Crippen LogP) is 2.51. The monoisotopic (exact) mass is 268 g/mol. The van der Waals surface area contributed by atoms with Gasteiger partial charge in [-0.05, 0) is 49.7 Å². The molecule has 108 valence electrons. The zero-order chi connectivity index (χ0) is 14.3. The first-order valence-electron chi connectivity index (χ1n) is 6.70. The summed E-state index contributed by atoms with van der Waals surface area (Å²) in [5, 5.41) is 0. The highest BCUT2D eigenvalue weighted by molar-refractivity contribution is 5.21. The van der Waals surface area contributed by atoms with Gasteiger partial charge in [-0.1, -0.05) is 13.8 Å². The average molecular weight is 268 g/mol. The zero-order valence-corrected chi connectivity index (χ0v) is 12.2. The standard InChI is InChI=1S/C15H25FN2O/c1-15(2,11-17)12-18(3)9-4-10-19-14-7-5-13(16)6-8-14/h5-8H,4,9-12,17H2,1-3H3. The predicted molar refractivity (Wildman–Crippen MR) is 76.8 cm³/mol. The molecule has 0 atom stereocenters. The van der Waals surface area contributed by atoms with E-state index in [-0.39, 0.29) is 11.2 Å². The zero-order valence-electron chi connectivity index (χ0n) is 12.2. The van der Waals surface area contributed by atoms with Gasteiger partial charge in [0.25, 0.3) is 0 Å². The van der Waals surface area contributed by atoms with Crippen molar-refractivity contribution in [2.24, 2.45) is 11.1 Å². The van der Waals surface area contributed by atoms with Crippen LogP contribution in [0.3, 0.4) is 0 Å². The third-order valence-electron chi connectivity index (χ3n) is 3.02. The molecule has 0 aliphatic carbocycles. The van der Waals surface area contributed by atoms with Crippen LogP contribution >= 0.6 is 0 Å². The Kier molecular flexibility index (Phi) is 6.25. The van der Waals surface area contributed by atoms with Gasteiger partial charge in [-0.25, -0.2) is 4.39 Å². The third-order valence-corrected chi connectivity index (χ3v) is 3.02. The van der Waals surface area contributed by atoms with Gasteiger partial charge >= 0.3 is 0 Å². The second-order valence-corrected chi connectivity index (χ2v) is 5.76. The molecule has 1 aromatic carbocycles. The van der Waals surface area contributed by atoms with Crippen LogP contribution in [-0.2, 0) is 0 Å². The molecule has 1 rings (SSSR count). The van der Waals surface area contributed by atoms with Crippen LogP contribution in [-0.4, -0.2) is 38.2 Å².